The molecule has 1 saturated heterocycles. The fourth-order valence-electron chi connectivity index (χ4n) is 2.18. The van der Waals surface area contributed by atoms with Gasteiger partial charge in [0.25, 0.3) is 0 Å². The van der Waals surface area contributed by atoms with Crippen molar-refractivity contribution in [3.05, 3.63) is 29.8 Å². The first kappa shape index (κ1) is 13.8. The van der Waals surface area contributed by atoms with E-state index in [4.69, 9.17) is 5.26 Å². The smallest absolute Gasteiger partial charge is 0.213 e. The number of piperazine rings is 1. The molecule has 2 rings (SSSR count). The van der Waals surface area contributed by atoms with Crippen LogP contribution >= 0.6 is 0 Å². The molecule has 0 aromatic heterocycles. The maximum atomic E-state index is 11.8. The van der Waals surface area contributed by atoms with Crippen molar-refractivity contribution in [2.24, 2.45) is 0 Å². The van der Waals surface area contributed by atoms with Gasteiger partial charge in [0, 0.05) is 31.9 Å². The summed E-state index contributed by atoms with van der Waals surface area (Å²) in [6.45, 7) is 4.00. The highest BCUT2D eigenvalue weighted by Crippen LogP contribution is 2.18. The van der Waals surface area contributed by atoms with Gasteiger partial charge in [0.05, 0.1) is 17.4 Å². The van der Waals surface area contributed by atoms with Crippen LogP contribution in [0.4, 0.5) is 5.69 Å². The number of sulfonamides is 1. The predicted molar refractivity (Wildman–Crippen MR) is 74.4 cm³/mol. The Kier molecular flexibility index (Phi) is 4.08. The number of rotatable bonds is 3. The molecule has 0 bridgehead atoms. The van der Waals surface area contributed by atoms with Crippen LogP contribution in [0.2, 0.25) is 0 Å². The molecule has 0 radical (unpaired) electrons. The third kappa shape index (κ3) is 3.06. The van der Waals surface area contributed by atoms with Gasteiger partial charge in [-0.15, -0.1) is 0 Å². The Morgan fingerprint density at radius 3 is 2.53 bits per heavy atom. The average molecular weight is 279 g/mol. The van der Waals surface area contributed by atoms with Crippen LogP contribution in [0.15, 0.2) is 24.3 Å². The Labute approximate surface area is 114 Å². The summed E-state index contributed by atoms with van der Waals surface area (Å²) in [7, 11) is -3.09. The largest absolute Gasteiger partial charge is 0.369 e. The molecule has 0 saturated carbocycles. The normalized spacial score (nSPS) is 17.2. The third-order valence-corrected chi connectivity index (χ3v) is 5.22. The molecule has 102 valence electrons. The zero-order valence-electron chi connectivity index (χ0n) is 10.9. The number of hydrogen-bond donors (Lipinski definition) is 0. The Balaban J connectivity index is 2.06. The third-order valence-electron chi connectivity index (χ3n) is 3.34. The lowest BCUT2D eigenvalue weighted by Crippen LogP contribution is -2.49. The quantitative estimate of drug-likeness (QED) is 0.829. The molecule has 1 aliphatic rings. The summed E-state index contributed by atoms with van der Waals surface area (Å²) in [4.78, 5) is 2.11. The van der Waals surface area contributed by atoms with E-state index in [9.17, 15) is 8.42 Å². The fraction of sp³-hybridized carbons (Fsp3) is 0.462. The highest BCUT2D eigenvalue weighted by atomic mass is 32.2. The summed E-state index contributed by atoms with van der Waals surface area (Å²) >= 11 is 0. The Morgan fingerprint density at radius 2 is 1.95 bits per heavy atom. The minimum atomic E-state index is -3.09. The molecule has 1 aromatic carbocycles. The second kappa shape index (κ2) is 5.59. The minimum absolute atomic E-state index is 0.150. The van der Waals surface area contributed by atoms with Gasteiger partial charge in [0.2, 0.25) is 10.0 Å². The fourth-order valence-corrected chi connectivity index (χ4v) is 3.26. The SMILES string of the molecule is CCS(=O)(=O)N1CCN(c2cccc(C#N)c2)CC1. The van der Waals surface area contributed by atoms with Gasteiger partial charge in [-0.05, 0) is 25.1 Å². The molecule has 19 heavy (non-hydrogen) atoms. The lowest BCUT2D eigenvalue weighted by Gasteiger charge is -2.35. The molecule has 0 amide bonds. The highest BCUT2D eigenvalue weighted by molar-refractivity contribution is 7.89. The molecule has 0 aliphatic carbocycles. The van der Waals surface area contributed by atoms with Crippen LogP contribution in [0.3, 0.4) is 0 Å². The molecule has 1 heterocycles. The summed E-state index contributed by atoms with van der Waals surface area (Å²) in [6, 6.07) is 9.52. The summed E-state index contributed by atoms with van der Waals surface area (Å²) in [5.74, 6) is 0.150. The number of nitriles is 1. The Hall–Kier alpha value is -1.58. The van der Waals surface area contributed by atoms with E-state index in [2.05, 4.69) is 11.0 Å². The first-order valence-corrected chi connectivity index (χ1v) is 7.90. The van der Waals surface area contributed by atoms with Gasteiger partial charge >= 0.3 is 0 Å². The van der Waals surface area contributed by atoms with Crippen LogP contribution in [-0.2, 0) is 10.0 Å². The number of hydrogen-bond acceptors (Lipinski definition) is 4. The summed E-state index contributed by atoms with van der Waals surface area (Å²) < 4.78 is 25.1. The first-order valence-electron chi connectivity index (χ1n) is 6.30. The zero-order valence-corrected chi connectivity index (χ0v) is 11.7. The lowest BCUT2D eigenvalue weighted by molar-refractivity contribution is 0.385. The van der Waals surface area contributed by atoms with Gasteiger partial charge < -0.3 is 4.90 Å². The van der Waals surface area contributed by atoms with Crippen LogP contribution in [0.25, 0.3) is 0 Å². The Bertz CT molecular complexity index is 584. The van der Waals surface area contributed by atoms with Gasteiger partial charge in [0.1, 0.15) is 0 Å². The van der Waals surface area contributed by atoms with Crippen molar-refractivity contribution in [3.63, 3.8) is 0 Å². The van der Waals surface area contributed by atoms with E-state index in [1.54, 1.807) is 13.0 Å². The molecule has 1 fully saturated rings. The van der Waals surface area contributed by atoms with Crippen LogP contribution in [0.5, 0.6) is 0 Å². The van der Waals surface area contributed by atoms with Gasteiger partial charge in [-0.3, -0.25) is 0 Å². The van der Waals surface area contributed by atoms with Crippen molar-refractivity contribution in [2.75, 3.05) is 36.8 Å². The van der Waals surface area contributed by atoms with Crippen LogP contribution in [-0.4, -0.2) is 44.7 Å². The number of anilines is 1. The van der Waals surface area contributed by atoms with E-state index in [0.717, 1.165) is 5.69 Å². The van der Waals surface area contributed by atoms with Crippen molar-refractivity contribution in [3.8, 4) is 6.07 Å². The second-order valence-electron chi connectivity index (χ2n) is 4.45. The molecule has 6 heteroatoms. The van der Waals surface area contributed by atoms with E-state index in [1.807, 2.05) is 18.2 Å². The Morgan fingerprint density at radius 1 is 1.26 bits per heavy atom. The van der Waals surface area contributed by atoms with Crippen molar-refractivity contribution >= 4 is 15.7 Å². The summed E-state index contributed by atoms with van der Waals surface area (Å²) in [6.07, 6.45) is 0. The topological polar surface area (TPSA) is 64.4 Å². The van der Waals surface area contributed by atoms with Gasteiger partial charge in [-0.1, -0.05) is 6.07 Å². The van der Waals surface area contributed by atoms with Crippen molar-refractivity contribution in [1.82, 2.24) is 4.31 Å². The summed E-state index contributed by atoms with van der Waals surface area (Å²) in [5, 5.41) is 8.88. The molecule has 1 aliphatic heterocycles. The average Bonchev–Trinajstić information content (AvgIpc) is 2.47. The monoisotopic (exact) mass is 279 g/mol. The first-order chi connectivity index (χ1) is 9.06. The van der Waals surface area contributed by atoms with Crippen molar-refractivity contribution < 1.29 is 8.42 Å². The van der Waals surface area contributed by atoms with Crippen LogP contribution < -0.4 is 4.90 Å². The molecule has 0 N–H and O–H groups in total. The van der Waals surface area contributed by atoms with Gasteiger partial charge in [0.15, 0.2) is 0 Å². The molecule has 0 spiro atoms. The van der Waals surface area contributed by atoms with Gasteiger partial charge in [-0.2, -0.15) is 9.57 Å². The number of nitrogens with zero attached hydrogens (tertiary/aromatic N) is 3. The van der Waals surface area contributed by atoms with Crippen molar-refractivity contribution in [1.29, 1.82) is 5.26 Å². The second-order valence-corrected chi connectivity index (χ2v) is 6.71. The molecular weight excluding hydrogens is 262 g/mol. The van der Waals surface area contributed by atoms with E-state index < -0.39 is 10.0 Å². The van der Waals surface area contributed by atoms with Crippen LogP contribution in [0, 0.1) is 11.3 Å². The minimum Gasteiger partial charge on any atom is -0.369 e. The summed E-state index contributed by atoms with van der Waals surface area (Å²) in [5.41, 5.74) is 1.61. The number of benzene rings is 1. The van der Waals surface area contributed by atoms with E-state index in [-0.39, 0.29) is 5.75 Å². The predicted octanol–water partition coefficient (Wildman–Crippen LogP) is 1.03. The zero-order chi connectivity index (χ0) is 13.9. The molecule has 0 unspecified atom stereocenters. The molecule has 1 aromatic rings. The maximum Gasteiger partial charge on any atom is 0.213 e. The maximum absolute atomic E-state index is 11.8. The van der Waals surface area contributed by atoms with E-state index in [0.29, 0.717) is 31.7 Å². The molecular formula is C13H17N3O2S. The molecule has 0 atom stereocenters. The van der Waals surface area contributed by atoms with Crippen molar-refractivity contribution in [2.45, 2.75) is 6.92 Å². The lowest BCUT2D eigenvalue weighted by atomic mass is 10.2. The highest BCUT2D eigenvalue weighted by Gasteiger charge is 2.25. The van der Waals surface area contributed by atoms with E-state index >= 15 is 0 Å². The van der Waals surface area contributed by atoms with E-state index in [1.165, 1.54) is 4.31 Å². The van der Waals surface area contributed by atoms with Gasteiger partial charge in [-0.25, -0.2) is 8.42 Å². The molecule has 5 nitrogen and oxygen atoms in total. The van der Waals surface area contributed by atoms with Crippen LogP contribution in [0.1, 0.15) is 12.5 Å². The standard InChI is InChI=1S/C13H17N3O2S/c1-2-19(17,18)16-8-6-15(7-9-16)13-5-3-4-12(10-13)11-14/h3-5,10H,2,6-9H2,1H3.